The first-order valence-electron chi connectivity index (χ1n) is 9.53. The van der Waals surface area contributed by atoms with E-state index in [9.17, 15) is 4.79 Å². The molecule has 4 rings (SSSR count). The Balaban J connectivity index is 0.00000210. The summed E-state index contributed by atoms with van der Waals surface area (Å²) in [4.78, 5) is 17.5. The zero-order chi connectivity index (χ0) is 17.9. The van der Waals surface area contributed by atoms with Crippen LogP contribution in [0, 0.1) is 6.92 Å². The molecule has 0 aliphatic carbocycles. The van der Waals surface area contributed by atoms with Gasteiger partial charge in [-0.3, -0.25) is 14.4 Å². The third-order valence-corrected chi connectivity index (χ3v) is 5.63. The van der Waals surface area contributed by atoms with Gasteiger partial charge in [0.05, 0.1) is 18.3 Å². The van der Waals surface area contributed by atoms with Crippen molar-refractivity contribution in [2.24, 2.45) is 0 Å². The number of hydrogen-bond donors (Lipinski definition) is 1. The molecule has 7 heteroatoms. The number of benzene rings is 1. The normalized spacial score (nSPS) is 20.5. The van der Waals surface area contributed by atoms with Crippen molar-refractivity contribution in [1.29, 1.82) is 0 Å². The minimum atomic E-state index is 0. The van der Waals surface area contributed by atoms with Crippen LogP contribution in [0.25, 0.3) is 0 Å². The van der Waals surface area contributed by atoms with E-state index >= 15 is 0 Å². The van der Waals surface area contributed by atoms with Gasteiger partial charge in [-0.2, -0.15) is 5.10 Å². The Bertz CT molecular complexity index is 757. The maximum Gasteiger partial charge on any atom is 0.257 e. The molecule has 2 aliphatic rings. The summed E-state index contributed by atoms with van der Waals surface area (Å²) in [5.74, 6) is 0.124. The number of carbonyl (C=O) groups excluding carboxylic acids is 1. The summed E-state index contributed by atoms with van der Waals surface area (Å²) in [7, 11) is 0. The van der Waals surface area contributed by atoms with Crippen molar-refractivity contribution in [3.05, 3.63) is 53.3 Å². The summed E-state index contributed by atoms with van der Waals surface area (Å²) in [5, 5.41) is 7.86. The van der Waals surface area contributed by atoms with Crippen molar-refractivity contribution in [3.63, 3.8) is 0 Å². The molecule has 2 fully saturated rings. The van der Waals surface area contributed by atoms with Crippen LogP contribution in [0.3, 0.4) is 0 Å². The van der Waals surface area contributed by atoms with Crippen molar-refractivity contribution in [3.8, 4) is 0 Å². The van der Waals surface area contributed by atoms with E-state index < -0.39 is 0 Å². The summed E-state index contributed by atoms with van der Waals surface area (Å²) < 4.78 is 1.92. The molecule has 2 aliphatic heterocycles. The summed E-state index contributed by atoms with van der Waals surface area (Å²) in [5.41, 5.74) is 2.88. The van der Waals surface area contributed by atoms with E-state index in [1.54, 1.807) is 6.20 Å². The summed E-state index contributed by atoms with van der Waals surface area (Å²) in [6.07, 6.45) is 2.81. The number of hydrogen-bond acceptors (Lipinski definition) is 4. The molecule has 146 valence electrons. The lowest BCUT2D eigenvalue weighted by Gasteiger charge is -2.32. The predicted molar refractivity (Wildman–Crippen MR) is 109 cm³/mol. The van der Waals surface area contributed by atoms with Crippen LogP contribution in [0.5, 0.6) is 0 Å². The van der Waals surface area contributed by atoms with Gasteiger partial charge < -0.3 is 10.2 Å². The molecular weight excluding hydrogens is 362 g/mol. The molecule has 1 atom stereocenters. The van der Waals surface area contributed by atoms with Crippen LogP contribution in [-0.2, 0) is 6.54 Å². The second kappa shape index (κ2) is 8.87. The molecule has 0 bridgehead atoms. The molecule has 1 unspecified atom stereocenters. The molecule has 2 saturated heterocycles. The first-order chi connectivity index (χ1) is 12.7. The Morgan fingerprint density at radius 3 is 2.67 bits per heavy atom. The third-order valence-electron chi connectivity index (χ3n) is 5.63. The lowest BCUT2D eigenvalue weighted by Crippen LogP contribution is -2.49. The van der Waals surface area contributed by atoms with Gasteiger partial charge in [0.2, 0.25) is 0 Å². The van der Waals surface area contributed by atoms with Gasteiger partial charge in [-0.1, -0.05) is 30.3 Å². The highest BCUT2D eigenvalue weighted by Gasteiger charge is 2.32. The molecule has 0 spiro atoms. The van der Waals surface area contributed by atoms with Crippen LogP contribution >= 0.6 is 12.4 Å². The van der Waals surface area contributed by atoms with Crippen molar-refractivity contribution >= 4 is 18.3 Å². The number of aromatic nitrogens is 2. The van der Waals surface area contributed by atoms with Crippen LogP contribution < -0.4 is 5.32 Å². The smallest absolute Gasteiger partial charge is 0.257 e. The molecule has 6 nitrogen and oxygen atoms in total. The molecular formula is C20H28ClN5O. The number of piperazine rings is 1. The highest BCUT2D eigenvalue weighted by molar-refractivity contribution is 5.95. The number of amides is 1. The Labute approximate surface area is 166 Å². The Hall–Kier alpha value is -1.89. The van der Waals surface area contributed by atoms with E-state index in [-0.39, 0.29) is 18.3 Å². The second-order valence-corrected chi connectivity index (χ2v) is 7.27. The lowest BCUT2D eigenvalue weighted by molar-refractivity contribution is 0.0772. The molecule has 0 radical (unpaired) electrons. The monoisotopic (exact) mass is 389 g/mol. The van der Waals surface area contributed by atoms with Gasteiger partial charge in [0.15, 0.2) is 0 Å². The quantitative estimate of drug-likeness (QED) is 0.866. The Kier molecular flexibility index (Phi) is 6.52. The van der Waals surface area contributed by atoms with Gasteiger partial charge in [-0.05, 0) is 18.9 Å². The van der Waals surface area contributed by atoms with Gasteiger partial charge >= 0.3 is 0 Å². The molecule has 1 amide bonds. The van der Waals surface area contributed by atoms with Gasteiger partial charge in [0.1, 0.15) is 0 Å². The Morgan fingerprint density at radius 2 is 1.93 bits per heavy atom. The number of likely N-dealkylation sites (tertiary alicyclic amines) is 1. The second-order valence-electron chi connectivity index (χ2n) is 7.27. The molecule has 1 N–H and O–H groups in total. The predicted octanol–water partition coefficient (Wildman–Crippen LogP) is 1.78. The third kappa shape index (κ3) is 4.34. The van der Waals surface area contributed by atoms with Crippen LogP contribution in [-0.4, -0.2) is 70.8 Å². The van der Waals surface area contributed by atoms with Gasteiger partial charge in [-0.15, -0.1) is 12.4 Å². The number of halogens is 1. The molecule has 2 aromatic rings. The standard InChI is InChI=1S/C20H27N5O.ClH/c1-16-19(13-22-25(16)14-17-5-3-2-4-6-17)20(26)24-10-7-18(15-24)23-11-8-21-9-12-23;/h2-6,13,18,21H,7-12,14-15H2,1H3;1H. The highest BCUT2D eigenvalue weighted by atomic mass is 35.5. The number of nitrogens with one attached hydrogen (secondary N) is 1. The molecule has 3 heterocycles. The number of rotatable bonds is 4. The lowest BCUT2D eigenvalue weighted by atomic mass is 10.2. The van der Waals surface area contributed by atoms with E-state index in [1.807, 2.05) is 34.7 Å². The van der Waals surface area contributed by atoms with Crippen molar-refractivity contribution in [2.45, 2.75) is 25.9 Å². The first kappa shape index (κ1) is 19.9. The molecule has 1 aromatic heterocycles. The first-order valence-corrected chi connectivity index (χ1v) is 9.53. The van der Waals surface area contributed by atoms with E-state index in [0.717, 1.165) is 56.9 Å². The van der Waals surface area contributed by atoms with Gasteiger partial charge in [0.25, 0.3) is 5.91 Å². The van der Waals surface area contributed by atoms with Crippen molar-refractivity contribution in [2.75, 3.05) is 39.3 Å². The largest absolute Gasteiger partial charge is 0.337 e. The number of nitrogens with zero attached hydrogens (tertiary/aromatic N) is 4. The fraction of sp³-hybridized carbons (Fsp3) is 0.500. The summed E-state index contributed by atoms with van der Waals surface area (Å²) in [6.45, 7) is 8.64. The fourth-order valence-corrected chi connectivity index (χ4v) is 4.01. The van der Waals surface area contributed by atoms with E-state index in [0.29, 0.717) is 12.6 Å². The minimum Gasteiger partial charge on any atom is -0.337 e. The number of carbonyl (C=O) groups is 1. The zero-order valence-electron chi connectivity index (χ0n) is 15.8. The molecule has 1 aromatic carbocycles. The minimum absolute atomic E-state index is 0. The molecule has 0 saturated carbocycles. The Morgan fingerprint density at radius 1 is 1.19 bits per heavy atom. The van der Waals surface area contributed by atoms with Gasteiger partial charge in [-0.25, -0.2) is 0 Å². The van der Waals surface area contributed by atoms with Crippen LogP contribution in [0.15, 0.2) is 36.5 Å². The summed E-state index contributed by atoms with van der Waals surface area (Å²) >= 11 is 0. The average Bonchev–Trinajstić information content (AvgIpc) is 3.31. The SMILES string of the molecule is Cc1c(C(=O)N2CCC(N3CCNCC3)C2)cnn1Cc1ccccc1.Cl. The highest BCUT2D eigenvalue weighted by Crippen LogP contribution is 2.20. The van der Waals surface area contributed by atoms with E-state index in [2.05, 4.69) is 27.4 Å². The van der Waals surface area contributed by atoms with E-state index in [1.165, 1.54) is 5.56 Å². The van der Waals surface area contributed by atoms with Crippen LogP contribution in [0.2, 0.25) is 0 Å². The maximum atomic E-state index is 13.0. The van der Waals surface area contributed by atoms with Gasteiger partial charge in [0, 0.05) is 51.0 Å². The van der Waals surface area contributed by atoms with Crippen molar-refractivity contribution in [1.82, 2.24) is 24.9 Å². The van der Waals surface area contributed by atoms with E-state index in [4.69, 9.17) is 0 Å². The fourth-order valence-electron chi connectivity index (χ4n) is 4.01. The van der Waals surface area contributed by atoms with Crippen molar-refractivity contribution < 1.29 is 4.79 Å². The average molecular weight is 390 g/mol. The zero-order valence-corrected chi connectivity index (χ0v) is 16.6. The molecule has 27 heavy (non-hydrogen) atoms. The van der Waals surface area contributed by atoms with Crippen LogP contribution in [0.4, 0.5) is 0 Å². The maximum absolute atomic E-state index is 13.0. The topological polar surface area (TPSA) is 53.4 Å². The van der Waals surface area contributed by atoms with Crippen LogP contribution in [0.1, 0.15) is 28.0 Å². The summed E-state index contributed by atoms with van der Waals surface area (Å²) in [6, 6.07) is 10.7.